The number of nitrogens with zero attached hydrogens (tertiary/aromatic N) is 1. The standard InChI is InChI=1S/C16H22F2N4O2/c1-2-19-16(22-11-3-6-15(23)21-10-11)20-7-8-24-12-4-5-13(17)14(18)9-12/h4-5,9,11H,2-3,6-8,10H2,1H3,(H,21,23)(H2,19,20,22). The number of benzene rings is 1. The van der Waals surface area contributed by atoms with Gasteiger partial charge in [-0.1, -0.05) is 0 Å². The van der Waals surface area contributed by atoms with Crippen LogP contribution in [0.25, 0.3) is 0 Å². The molecule has 1 aliphatic rings. The number of rotatable bonds is 6. The minimum Gasteiger partial charge on any atom is -0.492 e. The molecule has 8 heteroatoms. The highest BCUT2D eigenvalue weighted by atomic mass is 19.2. The predicted molar refractivity (Wildman–Crippen MR) is 87.0 cm³/mol. The topological polar surface area (TPSA) is 74.8 Å². The zero-order valence-electron chi connectivity index (χ0n) is 13.6. The Kier molecular flexibility index (Phi) is 6.77. The molecule has 0 aromatic heterocycles. The molecular weight excluding hydrogens is 318 g/mol. The third kappa shape index (κ3) is 5.68. The van der Waals surface area contributed by atoms with Crippen molar-refractivity contribution in [3.8, 4) is 5.75 Å². The van der Waals surface area contributed by atoms with Crippen LogP contribution in [0.2, 0.25) is 0 Å². The molecular formula is C16H22F2N4O2. The smallest absolute Gasteiger partial charge is 0.220 e. The highest BCUT2D eigenvalue weighted by Crippen LogP contribution is 2.15. The summed E-state index contributed by atoms with van der Waals surface area (Å²) in [6.45, 7) is 3.82. The molecule has 1 fully saturated rings. The van der Waals surface area contributed by atoms with Crippen LogP contribution in [0, 0.1) is 11.6 Å². The molecule has 1 amide bonds. The molecule has 0 aliphatic carbocycles. The summed E-state index contributed by atoms with van der Waals surface area (Å²) in [5.41, 5.74) is 0. The van der Waals surface area contributed by atoms with Gasteiger partial charge < -0.3 is 20.7 Å². The van der Waals surface area contributed by atoms with E-state index >= 15 is 0 Å². The first-order valence-corrected chi connectivity index (χ1v) is 7.98. The lowest BCUT2D eigenvalue weighted by atomic mass is 10.1. The number of nitrogens with one attached hydrogen (secondary N) is 3. The number of halogens is 2. The lowest BCUT2D eigenvalue weighted by Gasteiger charge is -2.25. The molecule has 3 N–H and O–H groups in total. The second kappa shape index (κ2) is 9.05. The molecule has 6 nitrogen and oxygen atoms in total. The summed E-state index contributed by atoms with van der Waals surface area (Å²) >= 11 is 0. The molecule has 0 saturated carbocycles. The molecule has 132 valence electrons. The lowest BCUT2D eigenvalue weighted by molar-refractivity contribution is -0.122. The minimum atomic E-state index is -0.939. The van der Waals surface area contributed by atoms with Crippen molar-refractivity contribution in [2.24, 2.45) is 4.99 Å². The molecule has 0 bridgehead atoms. The van der Waals surface area contributed by atoms with Crippen molar-refractivity contribution in [1.29, 1.82) is 0 Å². The van der Waals surface area contributed by atoms with Gasteiger partial charge in [0, 0.05) is 31.6 Å². The van der Waals surface area contributed by atoms with E-state index in [1.807, 2.05) is 6.92 Å². The Hall–Kier alpha value is -2.38. The van der Waals surface area contributed by atoms with Crippen LogP contribution in [0.3, 0.4) is 0 Å². The van der Waals surface area contributed by atoms with Gasteiger partial charge in [0.1, 0.15) is 12.4 Å². The molecule has 1 aromatic rings. The summed E-state index contributed by atoms with van der Waals surface area (Å²) in [5.74, 6) is -0.886. The Morgan fingerprint density at radius 1 is 1.42 bits per heavy atom. The van der Waals surface area contributed by atoms with Gasteiger partial charge in [-0.15, -0.1) is 0 Å². The van der Waals surface area contributed by atoms with Crippen LogP contribution in [0.4, 0.5) is 8.78 Å². The fraction of sp³-hybridized carbons (Fsp3) is 0.500. The number of carbonyl (C=O) groups is 1. The van der Waals surface area contributed by atoms with Crippen molar-refractivity contribution in [3.63, 3.8) is 0 Å². The fourth-order valence-electron chi connectivity index (χ4n) is 2.26. The number of guanidine groups is 1. The van der Waals surface area contributed by atoms with Gasteiger partial charge in [-0.05, 0) is 25.5 Å². The fourth-order valence-corrected chi connectivity index (χ4v) is 2.26. The average molecular weight is 340 g/mol. The van der Waals surface area contributed by atoms with E-state index in [0.29, 0.717) is 32.0 Å². The maximum absolute atomic E-state index is 13.1. The molecule has 1 aromatic carbocycles. The molecule has 1 atom stereocenters. The molecule has 1 unspecified atom stereocenters. The zero-order valence-corrected chi connectivity index (χ0v) is 13.6. The van der Waals surface area contributed by atoms with Gasteiger partial charge in [-0.2, -0.15) is 0 Å². The first-order valence-electron chi connectivity index (χ1n) is 7.98. The van der Waals surface area contributed by atoms with Crippen molar-refractivity contribution in [2.75, 3.05) is 26.2 Å². The summed E-state index contributed by atoms with van der Waals surface area (Å²) in [6.07, 6.45) is 1.25. The number of carbonyl (C=O) groups excluding carboxylic acids is 1. The summed E-state index contributed by atoms with van der Waals surface area (Å²) in [6, 6.07) is 3.54. The highest BCUT2D eigenvalue weighted by Gasteiger charge is 2.18. The molecule has 1 saturated heterocycles. The van der Waals surface area contributed by atoms with E-state index in [1.165, 1.54) is 6.07 Å². The van der Waals surface area contributed by atoms with Crippen LogP contribution in [-0.4, -0.2) is 44.1 Å². The van der Waals surface area contributed by atoms with Gasteiger partial charge in [-0.25, -0.2) is 13.8 Å². The van der Waals surface area contributed by atoms with Crippen LogP contribution in [0.5, 0.6) is 5.75 Å². The quantitative estimate of drug-likeness (QED) is 0.413. The van der Waals surface area contributed by atoms with Crippen molar-refractivity contribution in [3.05, 3.63) is 29.8 Å². The normalized spacial score (nSPS) is 18.0. The van der Waals surface area contributed by atoms with Crippen molar-refractivity contribution >= 4 is 11.9 Å². The van der Waals surface area contributed by atoms with Gasteiger partial charge in [0.25, 0.3) is 0 Å². The number of ether oxygens (including phenoxy) is 1. The summed E-state index contributed by atoms with van der Waals surface area (Å²) < 4.78 is 31.3. The Bertz CT molecular complexity index is 585. The van der Waals surface area contributed by atoms with Crippen LogP contribution in [0.1, 0.15) is 19.8 Å². The maximum Gasteiger partial charge on any atom is 0.220 e. The number of aliphatic imine (C=N–C) groups is 1. The summed E-state index contributed by atoms with van der Waals surface area (Å²) in [5, 5.41) is 9.17. The van der Waals surface area contributed by atoms with Crippen LogP contribution < -0.4 is 20.7 Å². The average Bonchev–Trinajstić information content (AvgIpc) is 2.57. The van der Waals surface area contributed by atoms with E-state index in [-0.39, 0.29) is 24.3 Å². The van der Waals surface area contributed by atoms with Crippen molar-refractivity contribution in [2.45, 2.75) is 25.8 Å². The molecule has 0 radical (unpaired) electrons. The van der Waals surface area contributed by atoms with Crippen LogP contribution in [-0.2, 0) is 4.79 Å². The van der Waals surface area contributed by atoms with E-state index in [4.69, 9.17) is 4.74 Å². The Morgan fingerprint density at radius 3 is 2.92 bits per heavy atom. The van der Waals surface area contributed by atoms with Gasteiger partial charge >= 0.3 is 0 Å². The Labute approximate surface area is 139 Å². The van der Waals surface area contributed by atoms with E-state index in [1.54, 1.807) is 0 Å². The molecule has 24 heavy (non-hydrogen) atoms. The summed E-state index contributed by atoms with van der Waals surface area (Å²) in [7, 11) is 0. The second-order valence-corrected chi connectivity index (χ2v) is 5.37. The largest absolute Gasteiger partial charge is 0.492 e. The monoisotopic (exact) mass is 340 g/mol. The number of hydrogen-bond donors (Lipinski definition) is 3. The Balaban J connectivity index is 1.79. The zero-order chi connectivity index (χ0) is 17.4. The number of amides is 1. The van der Waals surface area contributed by atoms with Crippen LogP contribution >= 0.6 is 0 Å². The SMILES string of the molecule is CCNC(=NCCOc1ccc(F)c(F)c1)NC1CCC(=O)NC1. The van der Waals surface area contributed by atoms with Gasteiger partial charge in [0.05, 0.1) is 6.54 Å². The van der Waals surface area contributed by atoms with Gasteiger partial charge in [0.15, 0.2) is 17.6 Å². The van der Waals surface area contributed by atoms with E-state index in [0.717, 1.165) is 18.6 Å². The van der Waals surface area contributed by atoms with Gasteiger partial charge in [0.2, 0.25) is 5.91 Å². The number of piperidine rings is 1. The molecule has 1 aliphatic heterocycles. The van der Waals surface area contributed by atoms with E-state index in [9.17, 15) is 13.6 Å². The molecule has 2 rings (SSSR count). The second-order valence-electron chi connectivity index (χ2n) is 5.37. The lowest BCUT2D eigenvalue weighted by Crippen LogP contribution is -2.51. The predicted octanol–water partition coefficient (Wildman–Crippen LogP) is 1.18. The van der Waals surface area contributed by atoms with Crippen LogP contribution in [0.15, 0.2) is 23.2 Å². The van der Waals surface area contributed by atoms with Crippen molar-refractivity contribution in [1.82, 2.24) is 16.0 Å². The van der Waals surface area contributed by atoms with E-state index < -0.39 is 11.6 Å². The first-order chi connectivity index (χ1) is 11.6. The maximum atomic E-state index is 13.1. The third-order valence-electron chi connectivity index (χ3n) is 3.47. The molecule has 0 spiro atoms. The summed E-state index contributed by atoms with van der Waals surface area (Å²) in [4.78, 5) is 15.5. The first kappa shape index (κ1) is 18.0. The minimum absolute atomic E-state index is 0.0647. The highest BCUT2D eigenvalue weighted by molar-refractivity contribution is 5.81. The number of hydrogen-bond acceptors (Lipinski definition) is 3. The van der Waals surface area contributed by atoms with Gasteiger partial charge in [-0.3, -0.25) is 4.79 Å². The van der Waals surface area contributed by atoms with E-state index in [2.05, 4.69) is 20.9 Å². The molecule has 1 heterocycles. The Morgan fingerprint density at radius 2 is 2.25 bits per heavy atom. The third-order valence-corrected chi connectivity index (χ3v) is 3.47. The van der Waals surface area contributed by atoms with Crippen molar-refractivity contribution < 1.29 is 18.3 Å².